The molecule has 1 aromatic heterocycles. The molecule has 1 aromatic carbocycles. The fourth-order valence-electron chi connectivity index (χ4n) is 3.40. The van der Waals surface area contributed by atoms with Gasteiger partial charge in [-0.2, -0.15) is 0 Å². The number of hydrogen-bond donors (Lipinski definition) is 2. The Bertz CT molecular complexity index is 725. The van der Waals surface area contributed by atoms with Gasteiger partial charge in [0.15, 0.2) is 11.3 Å². The normalized spacial score (nSPS) is 20.2. The molecule has 6 nitrogen and oxygen atoms in total. The molecule has 2 amide bonds. The van der Waals surface area contributed by atoms with Crippen LogP contribution in [0.3, 0.4) is 0 Å². The summed E-state index contributed by atoms with van der Waals surface area (Å²) in [6.07, 6.45) is 1.22. The molecule has 2 N–H and O–H groups in total. The summed E-state index contributed by atoms with van der Waals surface area (Å²) in [4.78, 5) is 12.1. The van der Waals surface area contributed by atoms with Gasteiger partial charge in [-0.1, -0.05) is 26.0 Å². The Balaban J connectivity index is 1.51. The van der Waals surface area contributed by atoms with E-state index < -0.39 is 0 Å². The SMILES string of the molecule is COc1cccc2cc(CNC(=O)NC[C@H]3CCO[C@H]3C(C)C)oc12. The maximum Gasteiger partial charge on any atom is 0.315 e. The molecule has 0 bridgehead atoms. The van der Waals surface area contributed by atoms with E-state index in [9.17, 15) is 4.79 Å². The Morgan fingerprint density at radius 3 is 2.96 bits per heavy atom. The molecule has 136 valence electrons. The summed E-state index contributed by atoms with van der Waals surface area (Å²) >= 11 is 0. The Morgan fingerprint density at radius 2 is 2.20 bits per heavy atom. The van der Waals surface area contributed by atoms with Crippen LogP contribution >= 0.6 is 0 Å². The van der Waals surface area contributed by atoms with Crippen LogP contribution in [0.25, 0.3) is 11.0 Å². The first-order valence-electron chi connectivity index (χ1n) is 8.77. The standard InChI is InChI=1S/C19H26N2O4/c1-12(2)17-14(7-8-24-17)10-20-19(22)21-11-15-9-13-5-4-6-16(23-3)18(13)25-15/h4-6,9,12,14,17H,7-8,10-11H2,1-3H3,(H2,20,21,22)/t14-,17+/m1/s1. The third kappa shape index (κ3) is 4.07. The zero-order valence-corrected chi connectivity index (χ0v) is 15.0. The lowest BCUT2D eigenvalue weighted by atomic mass is 9.93. The molecule has 1 fully saturated rings. The van der Waals surface area contributed by atoms with Crippen molar-refractivity contribution >= 4 is 17.0 Å². The first-order valence-corrected chi connectivity index (χ1v) is 8.77. The van der Waals surface area contributed by atoms with Gasteiger partial charge in [-0.05, 0) is 24.5 Å². The van der Waals surface area contributed by atoms with Gasteiger partial charge >= 0.3 is 6.03 Å². The number of benzene rings is 1. The summed E-state index contributed by atoms with van der Waals surface area (Å²) in [5, 5.41) is 6.74. The predicted molar refractivity (Wildman–Crippen MR) is 95.7 cm³/mol. The van der Waals surface area contributed by atoms with E-state index in [1.54, 1.807) is 7.11 Å². The van der Waals surface area contributed by atoms with Crippen molar-refractivity contribution in [3.63, 3.8) is 0 Å². The molecule has 0 radical (unpaired) electrons. The quantitative estimate of drug-likeness (QED) is 0.842. The van der Waals surface area contributed by atoms with Crippen LogP contribution in [-0.4, -0.2) is 32.4 Å². The second-order valence-electron chi connectivity index (χ2n) is 6.78. The van der Waals surface area contributed by atoms with E-state index in [4.69, 9.17) is 13.9 Å². The smallest absolute Gasteiger partial charge is 0.315 e. The van der Waals surface area contributed by atoms with Gasteiger partial charge in [0.2, 0.25) is 0 Å². The van der Waals surface area contributed by atoms with Crippen LogP contribution in [0.2, 0.25) is 0 Å². The fraction of sp³-hybridized carbons (Fsp3) is 0.526. The molecule has 0 aliphatic carbocycles. The lowest BCUT2D eigenvalue weighted by Crippen LogP contribution is -2.40. The van der Waals surface area contributed by atoms with Crippen LogP contribution in [0.5, 0.6) is 5.75 Å². The van der Waals surface area contributed by atoms with E-state index in [0.29, 0.717) is 42.0 Å². The first kappa shape index (κ1) is 17.6. The molecule has 25 heavy (non-hydrogen) atoms. The molecule has 1 saturated heterocycles. The highest BCUT2D eigenvalue weighted by atomic mass is 16.5. The Hall–Kier alpha value is -2.21. The van der Waals surface area contributed by atoms with Gasteiger partial charge in [0, 0.05) is 24.5 Å². The molecule has 0 spiro atoms. The van der Waals surface area contributed by atoms with Gasteiger partial charge < -0.3 is 24.5 Å². The number of ether oxygens (including phenoxy) is 2. The van der Waals surface area contributed by atoms with Crippen LogP contribution in [0, 0.1) is 11.8 Å². The van der Waals surface area contributed by atoms with Crippen molar-refractivity contribution < 1.29 is 18.7 Å². The number of carbonyl (C=O) groups is 1. The van der Waals surface area contributed by atoms with Crippen LogP contribution in [0.15, 0.2) is 28.7 Å². The van der Waals surface area contributed by atoms with Crippen molar-refractivity contribution in [2.45, 2.75) is 32.9 Å². The minimum absolute atomic E-state index is 0.193. The Labute approximate surface area is 147 Å². The molecule has 3 rings (SSSR count). The first-order chi connectivity index (χ1) is 12.1. The number of fused-ring (bicyclic) bond motifs is 1. The number of urea groups is 1. The molecule has 1 aliphatic heterocycles. The van der Waals surface area contributed by atoms with Gasteiger partial charge in [0.25, 0.3) is 0 Å². The summed E-state index contributed by atoms with van der Waals surface area (Å²) < 4.78 is 16.8. The summed E-state index contributed by atoms with van der Waals surface area (Å²) in [5.41, 5.74) is 0.699. The molecular formula is C19H26N2O4. The predicted octanol–water partition coefficient (Wildman–Crippen LogP) is 3.30. The van der Waals surface area contributed by atoms with E-state index in [2.05, 4.69) is 24.5 Å². The van der Waals surface area contributed by atoms with E-state index in [1.807, 2.05) is 24.3 Å². The average Bonchev–Trinajstić information content (AvgIpc) is 3.23. The van der Waals surface area contributed by atoms with Crippen molar-refractivity contribution in [3.05, 3.63) is 30.0 Å². The number of nitrogens with one attached hydrogen (secondary N) is 2. The van der Waals surface area contributed by atoms with Gasteiger partial charge in [-0.25, -0.2) is 4.79 Å². The minimum atomic E-state index is -0.193. The number of carbonyl (C=O) groups excluding carboxylic acids is 1. The van der Waals surface area contributed by atoms with Crippen molar-refractivity contribution in [1.82, 2.24) is 10.6 Å². The van der Waals surface area contributed by atoms with Crippen LogP contribution < -0.4 is 15.4 Å². The zero-order valence-electron chi connectivity index (χ0n) is 15.0. The van der Waals surface area contributed by atoms with E-state index >= 15 is 0 Å². The Kier molecular flexibility index (Phi) is 5.48. The van der Waals surface area contributed by atoms with Crippen molar-refractivity contribution in [2.75, 3.05) is 20.3 Å². The average molecular weight is 346 g/mol. The lowest BCUT2D eigenvalue weighted by Gasteiger charge is -2.22. The zero-order chi connectivity index (χ0) is 17.8. The summed E-state index contributed by atoms with van der Waals surface area (Å²) in [6, 6.07) is 7.44. The molecule has 2 heterocycles. The van der Waals surface area contributed by atoms with E-state index in [-0.39, 0.29) is 12.1 Å². The van der Waals surface area contributed by atoms with Crippen LogP contribution in [0.1, 0.15) is 26.0 Å². The monoisotopic (exact) mass is 346 g/mol. The third-order valence-electron chi connectivity index (χ3n) is 4.65. The number of hydrogen-bond acceptors (Lipinski definition) is 4. The molecule has 1 aliphatic rings. The highest BCUT2D eigenvalue weighted by Crippen LogP contribution is 2.28. The van der Waals surface area contributed by atoms with Gasteiger partial charge in [-0.3, -0.25) is 0 Å². The number of methoxy groups -OCH3 is 1. The van der Waals surface area contributed by atoms with Crippen molar-refractivity contribution in [3.8, 4) is 5.75 Å². The van der Waals surface area contributed by atoms with Gasteiger partial charge in [0.05, 0.1) is 19.8 Å². The summed E-state index contributed by atoms with van der Waals surface area (Å²) in [5.74, 6) is 2.22. The molecule has 0 unspecified atom stereocenters. The maximum absolute atomic E-state index is 12.1. The van der Waals surface area contributed by atoms with Gasteiger partial charge in [-0.15, -0.1) is 0 Å². The number of rotatable bonds is 6. The highest BCUT2D eigenvalue weighted by molar-refractivity contribution is 5.83. The molecule has 0 saturated carbocycles. The molecule has 2 aromatic rings. The Morgan fingerprint density at radius 1 is 1.36 bits per heavy atom. The van der Waals surface area contributed by atoms with Crippen molar-refractivity contribution in [1.29, 1.82) is 0 Å². The summed E-state index contributed by atoms with van der Waals surface area (Å²) in [6.45, 7) is 6.04. The van der Waals surface area contributed by atoms with Crippen LogP contribution in [0.4, 0.5) is 4.79 Å². The van der Waals surface area contributed by atoms with Gasteiger partial charge in [0.1, 0.15) is 5.76 Å². The molecule has 2 atom stereocenters. The largest absolute Gasteiger partial charge is 0.493 e. The lowest BCUT2D eigenvalue weighted by molar-refractivity contribution is 0.0545. The minimum Gasteiger partial charge on any atom is -0.493 e. The number of amides is 2. The fourth-order valence-corrected chi connectivity index (χ4v) is 3.40. The summed E-state index contributed by atoms with van der Waals surface area (Å²) in [7, 11) is 1.61. The molecular weight excluding hydrogens is 320 g/mol. The molecule has 6 heteroatoms. The van der Waals surface area contributed by atoms with Crippen molar-refractivity contribution in [2.24, 2.45) is 11.8 Å². The second kappa shape index (κ2) is 7.78. The second-order valence-corrected chi connectivity index (χ2v) is 6.78. The maximum atomic E-state index is 12.1. The number of furan rings is 1. The van der Waals surface area contributed by atoms with E-state index in [1.165, 1.54) is 0 Å². The van der Waals surface area contributed by atoms with E-state index in [0.717, 1.165) is 18.4 Å². The topological polar surface area (TPSA) is 72.7 Å². The third-order valence-corrected chi connectivity index (χ3v) is 4.65. The van der Waals surface area contributed by atoms with Crippen LogP contribution in [-0.2, 0) is 11.3 Å². The highest BCUT2D eigenvalue weighted by Gasteiger charge is 2.30. The number of para-hydroxylation sites is 1.